The van der Waals surface area contributed by atoms with Crippen LogP contribution in [-0.2, 0) is 34.8 Å². The Labute approximate surface area is 173 Å². The number of aromatic nitrogens is 2. The molecule has 0 saturated heterocycles. The Morgan fingerprint density at radius 3 is 2.47 bits per heavy atom. The van der Waals surface area contributed by atoms with Crippen molar-refractivity contribution in [1.82, 2.24) is 14.7 Å². The second kappa shape index (κ2) is 7.59. The number of amides is 1. The van der Waals surface area contributed by atoms with E-state index < -0.39 is 26.6 Å². The Morgan fingerprint density at radius 1 is 1.27 bits per heavy atom. The number of sulfonamides is 1. The molecule has 2 aromatic rings. The third kappa shape index (κ3) is 4.53. The van der Waals surface area contributed by atoms with Gasteiger partial charge >= 0.3 is 6.09 Å². The average molecular weight is 437 g/mol. The van der Waals surface area contributed by atoms with Gasteiger partial charge in [-0.3, -0.25) is 19.5 Å². The van der Waals surface area contributed by atoms with E-state index in [1.807, 2.05) is 0 Å². The highest BCUT2D eigenvalue weighted by atomic mass is 32.2. The van der Waals surface area contributed by atoms with Gasteiger partial charge in [0.2, 0.25) is 0 Å². The molecule has 30 heavy (non-hydrogen) atoms. The molecule has 1 amide bonds. The largest absolute Gasteiger partial charge is 0.444 e. The summed E-state index contributed by atoms with van der Waals surface area (Å²) in [4.78, 5) is 24.0. The van der Waals surface area contributed by atoms with Crippen LogP contribution in [0, 0.1) is 10.1 Å². The molecule has 1 aliphatic heterocycles. The number of benzene rings is 1. The Hall–Kier alpha value is -3.15. The van der Waals surface area contributed by atoms with Gasteiger partial charge < -0.3 is 9.64 Å². The molecule has 162 valence electrons. The first-order valence-corrected chi connectivity index (χ1v) is 10.7. The zero-order valence-corrected chi connectivity index (χ0v) is 17.9. The Kier molecular flexibility index (Phi) is 5.46. The average Bonchev–Trinajstić information content (AvgIpc) is 2.94. The number of aryl methyl sites for hydroxylation is 1. The number of fused-ring (bicyclic) bond motifs is 1. The normalized spacial score (nSPS) is 14.2. The summed E-state index contributed by atoms with van der Waals surface area (Å²) in [5, 5.41) is 15.1. The Bertz CT molecular complexity index is 1090. The molecule has 0 atom stereocenters. The minimum Gasteiger partial charge on any atom is -0.444 e. The second-order valence-corrected chi connectivity index (χ2v) is 9.59. The lowest BCUT2D eigenvalue weighted by atomic mass is 10.1. The molecule has 0 radical (unpaired) electrons. The van der Waals surface area contributed by atoms with Crippen molar-refractivity contribution in [1.29, 1.82) is 0 Å². The van der Waals surface area contributed by atoms with Gasteiger partial charge in [-0.05, 0) is 32.9 Å². The van der Waals surface area contributed by atoms with Gasteiger partial charge in [-0.1, -0.05) is 0 Å². The molecule has 1 N–H and O–H groups in total. The van der Waals surface area contributed by atoms with Crippen LogP contribution in [0.4, 0.5) is 16.3 Å². The molecule has 1 aliphatic rings. The zero-order chi connectivity index (χ0) is 22.3. The van der Waals surface area contributed by atoms with Crippen molar-refractivity contribution >= 4 is 27.6 Å². The van der Waals surface area contributed by atoms with Gasteiger partial charge in [0.25, 0.3) is 15.7 Å². The number of hydrogen-bond donors (Lipinski definition) is 1. The first kappa shape index (κ1) is 21.6. The van der Waals surface area contributed by atoms with E-state index >= 15 is 0 Å². The fourth-order valence-electron chi connectivity index (χ4n) is 3.04. The Morgan fingerprint density at radius 2 is 1.90 bits per heavy atom. The van der Waals surface area contributed by atoms with Crippen molar-refractivity contribution in [3.8, 4) is 0 Å². The number of nitro benzene ring substituents is 1. The lowest BCUT2D eigenvalue weighted by molar-refractivity contribution is -0.384. The van der Waals surface area contributed by atoms with Crippen molar-refractivity contribution < 1.29 is 22.9 Å². The van der Waals surface area contributed by atoms with Gasteiger partial charge in [0.1, 0.15) is 11.4 Å². The molecule has 2 heterocycles. The lowest BCUT2D eigenvalue weighted by Crippen LogP contribution is -2.40. The van der Waals surface area contributed by atoms with E-state index in [0.29, 0.717) is 24.2 Å². The predicted octanol–water partition coefficient (Wildman–Crippen LogP) is 2.42. The highest BCUT2D eigenvalue weighted by molar-refractivity contribution is 7.92. The first-order chi connectivity index (χ1) is 13.9. The summed E-state index contributed by atoms with van der Waals surface area (Å²) < 4.78 is 34.9. The monoisotopic (exact) mass is 437 g/mol. The predicted molar refractivity (Wildman–Crippen MR) is 107 cm³/mol. The van der Waals surface area contributed by atoms with Crippen molar-refractivity contribution in [2.45, 2.75) is 44.2 Å². The van der Waals surface area contributed by atoms with Gasteiger partial charge in [0, 0.05) is 37.7 Å². The number of non-ortho nitro benzene ring substituents is 1. The van der Waals surface area contributed by atoms with Crippen LogP contribution in [0.1, 0.15) is 32.0 Å². The smallest absolute Gasteiger partial charge is 0.410 e. The van der Waals surface area contributed by atoms with Crippen molar-refractivity contribution in [2.24, 2.45) is 7.05 Å². The van der Waals surface area contributed by atoms with Gasteiger partial charge in [0.15, 0.2) is 0 Å². The van der Waals surface area contributed by atoms with Crippen LogP contribution >= 0.6 is 0 Å². The van der Waals surface area contributed by atoms with Crippen LogP contribution in [0.2, 0.25) is 0 Å². The summed E-state index contributed by atoms with van der Waals surface area (Å²) in [6.45, 7) is 5.87. The maximum absolute atomic E-state index is 12.8. The summed E-state index contributed by atoms with van der Waals surface area (Å²) in [5.41, 5.74) is 0.422. The Balaban J connectivity index is 1.85. The molecule has 11 nitrogen and oxygen atoms in total. The molecule has 1 aromatic carbocycles. The fourth-order valence-corrected chi connectivity index (χ4v) is 4.17. The molecule has 12 heteroatoms. The lowest BCUT2D eigenvalue weighted by Gasteiger charge is -2.29. The van der Waals surface area contributed by atoms with Gasteiger partial charge in [0.05, 0.1) is 22.1 Å². The van der Waals surface area contributed by atoms with E-state index in [1.165, 1.54) is 9.58 Å². The maximum Gasteiger partial charge on any atom is 0.410 e. The van der Waals surface area contributed by atoms with Crippen LogP contribution in [0.5, 0.6) is 0 Å². The fraction of sp³-hybridized carbons (Fsp3) is 0.444. The SMILES string of the molecule is Cn1nc2c(c1NS(=O)(=O)c1ccc([N+](=O)[O-])cc1)CN(C(=O)OC(C)(C)C)CC2. The minimum atomic E-state index is -4.02. The molecule has 0 fully saturated rings. The van der Waals surface area contributed by atoms with E-state index in [4.69, 9.17) is 4.74 Å². The molecule has 0 aliphatic carbocycles. The van der Waals surface area contributed by atoms with Crippen LogP contribution in [-0.4, -0.2) is 46.3 Å². The standard InChI is InChI=1S/C18H23N5O6S/c1-18(2,3)29-17(24)22-10-9-15-14(11-22)16(21(4)19-15)20-30(27,28)13-7-5-12(6-8-13)23(25)26/h5-8,20H,9-11H2,1-4H3. The number of ether oxygens (including phenoxy) is 1. The van der Waals surface area contributed by atoms with Gasteiger partial charge in [-0.2, -0.15) is 5.10 Å². The van der Waals surface area contributed by atoms with Crippen LogP contribution in [0.3, 0.4) is 0 Å². The molecule has 1 aromatic heterocycles. The topological polar surface area (TPSA) is 137 Å². The summed E-state index contributed by atoms with van der Waals surface area (Å²) in [6, 6.07) is 4.57. The number of nitro groups is 1. The van der Waals surface area contributed by atoms with E-state index in [-0.39, 0.29) is 22.9 Å². The summed E-state index contributed by atoms with van der Waals surface area (Å²) in [7, 11) is -2.42. The minimum absolute atomic E-state index is 0.122. The molecule has 0 saturated carbocycles. The highest BCUT2D eigenvalue weighted by Gasteiger charge is 2.31. The maximum atomic E-state index is 12.8. The number of anilines is 1. The van der Waals surface area contributed by atoms with E-state index in [2.05, 4.69) is 9.82 Å². The number of rotatable bonds is 4. The van der Waals surface area contributed by atoms with Gasteiger partial charge in [-0.15, -0.1) is 0 Å². The number of nitrogens with zero attached hydrogens (tertiary/aromatic N) is 4. The number of nitrogens with one attached hydrogen (secondary N) is 1. The van der Waals surface area contributed by atoms with Crippen LogP contribution in [0.25, 0.3) is 0 Å². The van der Waals surface area contributed by atoms with Crippen molar-refractivity contribution in [3.63, 3.8) is 0 Å². The third-order valence-electron chi connectivity index (χ3n) is 4.44. The summed E-state index contributed by atoms with van der Waals surface area (Å²) in [5.74, 6) is 0.233. The molecule has 0 bridgehead atoms. The summed E-state index contributed by atoms with van der Waals surface area (Å²) >= 11 is 0. The quantitative estimate of drug-likeness (QED) is 0.573. The van der Waals surface area contributed by atoms with E-state index in [9.17, 15) is 23.3 Å². The molecule has 0 spiro atoms. The van der Waals surface area contributed by atoms with Crippen LogP contribution in [0.15, 0.2) is 29.2 Å². The molecular formula is C18H23N5O6S. The molecule has 3 rings (SSSR count). The molecule has 0 unspecified atom stereocenters. The number of carbonyl (C=O) groups is 1. The van der Waals surface area contributed by atoms with Gasteiger partial charge in [-0.25, -0.2) is 13.2 Å². The van der Waals surface area contributed by atoms with Crippen molar-refractivity contribution in [3.05, 3.63) is 45.6 Å². The van der Waals surface area contributed by atoms with E-state index in [0.717, 1.165) is 24.3 Å². The van der Waals surface area contributed by atoms with Crippen molar-refractivity contribution in [2.75, 3.05) is 11.3 Å². The highest BCUT2D eigenvalue weighted by Crippen LogP contribution is 2.29. The second-order valence-electron chi connectivity index (χ2n) is 7.91. The third-order valence-corrected chi connectivity index (χ3v) is 5.79. The zero-order valence-electron chi connectivity index (χ0n) is 17.1. The first-order valence-electron chi connectivity index (χ1n) is 9.17. The van der Waals surface area contributed by atoms with E-state index in [1.54, 1.807) is 27.8 Å². The number of carbonyl (C=O) groups excluding carboxylic acids is 1. The van der Waals surface area contributed by atoms with Crippen LogP contribution < -0.4 is 4.72 Å². The number of hydrogen-bond acceptors (Lipinski definition) is 7. The summed E-state index contributed by atoms with van der Waals surface area (Å²) in [6.07, 6.45) is -0.0250. The molecular weight excluding hydrogens is 414 g/mol.